The second-order valence-corrected chi connectivity index (χ2v) is 5.01. The molecule has 0 bridgehead atoms. The van der Waals surface area contributed by atoms with Crippen molar-refractivity contribution in [2.24, 2.45) is 0 Å². The highest BCUT2D eigenvalue weighted by atomic mass is 35.5. The van der Waals surface area contributed by atoms with Gasteiger partial charge in [-0.25, -0.2) is 0 Å². The van der Waals surface area contributed by atoms with Crippen molar-refractivity contribution >= 4 is 24.0 Å². The first-order valence-electron chi connectivity index (χ1n) is 7.29. The molecule has 3 nitrogen and oxygen atoms in total. The number of rotatable bonds is 8. The summed E-state index contributed by atoms with van der Waals surface area (Å²) in [5.41, 5.74) is 7.43. The molecular weight excluding hydrogens is 272 g/mol. The van der Waals surface area contributed by atoms with Gasteiger partial charge in [-0.15, -0.1) is 12.4 Å². The molecule has 0 aliphatic rings. The number of nitrogen functional groups attached to an aromatic ring is 1. The lowest BCUT2D eigenvalue weighted by molar-refractivity contribution is -0.130. The molecule has 2 N–H and O–H groups in total. The fraction of sp³-hybridized carbons (Fsp3) is 0.562. The van der Waals surface area contributed by atoms with E-state index in [1.165, 1.54) is 0 Å². The zero-order chi connectivity index (χ0) is 14.1. The van der Waals surface area contributed by atoms with Crippen LogP contribution in [0.2, 0.25) is 0 Å². The van der Waals surface area contributed by atoms with Crippen LogP contribution in [0.3, 0.4) is 0 Å². The number of amides is 1. The molecule has 0 unspecified atom stereocenters. The molecule has 0 heterocycles. The van der Waals surface area contributed by atoms with Crippen LogP contribution in [-0.4, -0.2) is 23.9 Å². The molecule has 1 rings (SSSR count). The maximum Gasteiger partial charge on any atom is 0.226 e. The third-order valence-electron chi connectivity index (χ3n) is 3.25. The Hall–Kier alpha value is -1.22. The van der Waals surface area contributed by atoms with Gasteiger partial charge in [-0.05, 0) is 30.5 Å². The minimum Gasteiger partial charge on any atom is -0.399 e. The number of benzene rings is 1. The van der Waals surface area contributed by atoms with Gasteiger partial charge in [-0.1, -0.05) is 38.8 Å². The summed E-state index contributed by atoms with van der Waals surface area (Å²) in [6.45, 7) is 6.07. The molecule has 114 valence electrons. The zero-order valence-electron chi connectivity index (χ0n) is 12.6. The lowest BCUT2D eigenvalue weighted by Crippen LogP contribution is -2.34. The number of carbonyl (C=O) groups excluding carboxylic acids is 1. The number of carbonyl (C=O) groups is 1. The Kier molecular flexibility index (Phi) is 9.91. The summed E-state index contributed by atoms with van der Waals surface area (Å²) in [6.07, 6.45) is 4.89. The van der Waals surface area contributed by atoms with E-state index in [2.05, 4.69) is 13.8 Å². The Bertz CT molecular complexity index is 371. The van der Waals surface area contributed by atoms with Crippen molar-refractivity contribution in [2.75, 3.05) is 18.8 Å². The fourth-order valence-electron chi connectivity index (χ4n) is 1.98. The SMILES string of the molecule is CCCCN(CCCC)C(=O)Cc1ccc(N)cc1.Cl. The van der Waals surface area contributed by atoms with E-state index in [1.54, 1.807) is 0 Å². The second kappa shape index (κ2) is 10.6. The summed E-state index contributed by atoms with van der Waals surface area (Å²) >= 11 is 0. The molecule has 1 amide bonds. The van der Waals surface area contributed by atoms with Crippen molar-refractivity contribution in [2.45, 2.75) is 46.0 Å². The largest absolute Gasteiger partial charge is 0.399 e. The predicted octanol–water partition coefficient (Wildman–Crippen LogP) is 3.66. The van der Waals surface area contributed by atoms with Gasteiger partial charge in [0.25, 0.3) is 0 Å². The van der Waals surface area contributed by atoms with Crippen molar-refractivity contribution in [1.82, 2.24) is 4.90 Å². The van der Waals surface area contributed by atoms with Crippen molar-refractivity contribution in [3.8, 4) is 0 Å². The first kappa shape index (κ1) is 18.8. The van der Waals surface area contributed by atoms with Gasteiger partial charge in [0.2, 0.25) is 5.91 Å². The normalized spacial score (nSPS) is 9.90. The summed E-state index contributed by atoms with van der Waals surface area (Å²) in [5, 5.41) is 0. The average Bonchev–Trinajstić information content (AvgIpc) is 2.41. The summed E-state index contributed by atoms with van der Waals surface area (Å²) in [7, 11) is 0. The lowest BCUT2D eigenvalue weighted by Gasteiger charge is -2.22. The van der Waals surface area contributed by atoms with Crippen LogP contribution in [0, 0.1) is 0 Å². The van der Waals surface area contributed by atoms with E-state index < -0.39 is 0 Å². The number of nitrogens with zero attached hydrogens (tertiary/aromatic N) is 1. The summed E-state index contributed by atoms with van der Waals surface area (Å²) in [4.78, 5) is 14.3. The molecule has 0 saturated heterocycles. The molecule has 0 radical (unpaired) electrons. The summed E-state index contributed by atoms with van der Waals surface area (Å²) < 4.78 is 0. The summed E-state index contributed by atoms with van der Waals surface area (Å²) in [5.74, 6) is 0.228. The molecule has 0 fully saturated rings. The molecular formula is C16H27ClN2O. The highest BCUT2D eigenvalue weighted by Gasteiger charge is 2.12. The van der Waals surface area contributed by atoms with Crippen LogP contribution in [0.1, 0.15) is 45.1 Å². The number of hydrogen-bond acceptors (Lipinski definition) is 2. The first-order valence-corrected chi connectivity index (χ1v) is 7.29. The third-order valence-corrected chi connectivity index (χ3v) is 3.25. The zero-order valence-corrected chi connectivity index (χ0v) is 13.4. The lowest BCUT2D eigenvalue weighted by atomic mass is 10.1. The van der Waals surface area contributed by atoms with E-state index in [4.69, 9.17) is 5.73 Å². The molecule has 1 aromatic carbocycles. The number of unbranched alkanes of at least 4 members (excludes halogenated alkanes) is 2. The number of nitrogens with two attached hydrogens (primary N) is 1. The smallest absolute Gasteiger partial charge is 0.226 e. The van der Waals surface area contributed by atoms with Crippen LogP contribution in [0.15, 0.2) is 24.3 Å². The highest BCUT2D eigenvalue weighted by molar-refractivity contribution is 5.85. The topological polar surface area (TPSA) is 46.3 Å². The first-order chi connectivity index (χ1) is 9.17. The van der Waals surface area contributed by atoms with Crippen LogP contribution >= 0.6 is 12.4 Å². The molecule has 0 aromatic heterocycles. The molecule has 4 heteroatoms. The van der Waals surface area contributed by atoms with Gasteiger partial charge in [0.15, 0.2) is 0 Å². The van der Waals surface area contributed by atoms with E-state index in [1.807, 2.05) is 29.2 Å². The van der Waals surface area contributed by atoms with E-state index in [0.29, 0.717) is 6.42 Å². The highest BCUT2D eigenvalue weighted by Crippen LogP contribution is 2.09. The Morgan fingerprint density at radius 2 is 1.55 bits per heavy atom. The van der Waals surface area contributed by atoms with Gasteiger partial charge in [0.1, 0.15) is 0 Å². The molecule has 0 aliphatic carbocycles. The molecule has 1 aromatic rings. The van der Waals surface area contributed by atoms with Gasteiger partial charge in [0, 0.05) is 18.8 Å². The van der Waals surface area contributed by atoms with Gasteiger partial charge in [0.05, 0.1) is 6.42 Å². The van der Waals surface area contributed by atoms with E-state index in [-0.39, 0.29) is 18.3 Å². The van der Waals surface area contributed by atoms with E-state index in [0.717, 1.165) is 50.0 Å². The molecule has 0 saturated carbocycles. The van der Waals surface area contributed by atoms with Crippen molar-refractivity contribution < 1.29 is 4.79 Å². The fourth-order valence-corrected chi connectivity index (χ4v) is 1.98. The number of anilines is 1. The standard InChI is InChI=1S/C16H26N2O.ClH/c1-3-5-11-18(12-6-4-2)16(19)13-14-7-9-15(17)10-8-14;/h7-10H,3-6,11-13,17H2,1-2H3;1H. The Morgan fingerprint density at radius 1 is 1.05 bits per heavy atom. The van der Waals surface area contributed by atoms with Crippen LogP contribution in [0.4, 0.5) is 5.69 Å². The van der Waals surface area contributed by atoms with Crippen LogP contribution in [0.5, 0.6) is 0 Å². The quantitative estimate of drug-likeness (QED) is 0.745. The number of hydrogen-bond donors (Lipinski definition) is 1. The Labute approximate surface area is 128 Å². The molecule has 20 heavy (non-hydrogen) atoms. The molecule has 0 aliphatic heterocycles. The maximum atomic E-state index is 12.3. The summed E-state index contributed by atoms with van der Waals surface area (Å²) in [6, 6.07) is 7.58. The van der Waals surface area contributed by atoms with Crippen molar-refractivity contribution in [1.29, 1.82) is 0 Å². The van der Waals surface area contributed by atoms with Crippen LogP contribution in [-0.2, 0) is 11.2 Å². The number of halogens is 1. The van der Waals surface area contributed by atoms with E-state index in [9.17, 15) is 4.79 Å². The Balaban J connectivity index is 0.00000361. The second-order valence-electron chi connectivity index (χ2n) is 5.01. The van der Waals surface area contributed by atoms with Gasteiger partial charge >= 0.3 is 0 Å². The van der Waals surface area contributed by atoms with Gasteiger partial charge in [-0.3, -0.25) is 4.79 Å². The maximum absolute atomic E-state index is 12.3. The van der Waals surface area contributed by atoms with Gasteiger partial charge in [-0.2, -0.15) is 0 Å². The average molecular weight is 299 g/mol. The molecule has 0 spiro atoms. The van der Waals surface area contributed by atoms with Gasteiger partial charge < -0.3 is 10.6 Å². The third kappa shape index (κ3) is 6.80. The van der Waals surface area contributed by atoms with Crippen LogP contribution in [0.25, 0.3) is 0 Å². The minimum atomic E-state index is 0. The van der Waals surface area contributed by atoms with Crippen molar-refractivity contribution in [3.05, 3.63) is 29.8 Å². The minimum absolute atomic E-state index is 0. The monoisotopic (exact) mass is 298 g/mol. The Morgan fingerprint density at radius 3 is 2.00 bits per heavy atom. The van der Waals surface area contributed by atoms with Crippen LogP contribution < -0.4 is 5.73 Å². The predicted molar refractivity (Wildman–Crippen MR) is 88.2 cm³/mol. The van der Waals surface area contributed by atoms with Crippen molar-refractivity contribution in [3.63, 3.8) is 0 Å². The molecule has 0 atom stereocenters. The van der Waals surface area contributed by atoms with E-state index >= 15 is 0 Å².